The second-order valence-corrected chi connectivity index (χ2v) is 7.69. The molecule has 1 amide bonds. The Morgan fingerprint density at radius 1 is 1.03 bits per heavy atom. The first-order valence-electron chi connectivity index (χ1n) is 9.75. The summed E-state index contributed by atoms with van der Waals surface area (Å²) in [4.78, 5) is 31.9. The highest BCUT2D eigenvalue weighted by Crippen LogP contribution is 2.27. The van der Waals surface area contributed by atoms with Crippen LogP contribution in [-0.2, 0) is 16.0 Å². The van der Waals surface area contributed by atoms with E-state index >= 15 is 0 Å². The number of para-hydroxylation sites is 1. The molecule has 0 radical (unpaired) electrons. The van der Waals surface area contributed by atoms with Crippen molar-refractivity contribution in [3.05, 3.63) is 76.8 Å². The van der Waals surface area contributed by atoms with Crippen molar-refractivity contribution >= 4 is 28.3 Å². The third kappa shape index (κ3) is 5.67. The van der Waals surface area contributed by atoms with Crippen LogP contribution in [0, 0.1) is 6.92 Å². The van der Waals surface area contributed by atoms with E-state index in [1.54, 1.807) is 30.9 Å². The minimum Gasteiger partial charge on any atom is -0.484 e. The Morgan fingerprint density at radius 3 is 2.37 bits per heavy atom. The summed E-state index contributed by atoms with van der Waals surface area (Å²) in [6.45, 7) is 4.12. The lowest BCUT2D eigenvalue weighted by molar-refractivity contribution is -0.120. The Hall–Kier alpha value is -3.19. The molecular weight excluding hydrogens is 400 g/mol. The molecule has 156 valence electrons. The Kier molecular flexibility index (Phi) is 7.57. The molecule has 0 unspecified atom stereocenters. The second kappa shape index (κ2) is 10.5. The van der Waals surface area contributed by atoms with Gasteiger partial charge in [-0.15, -0.1) is 11.3 Å². The summed E-state index contributed by atoms with van der Waals surface area (Å²) in [6.07, 6.45) is 0.658. The molecule has 0 aliphatic rings. The first-order valence-corrected chi connectivity index (χ1v) is 10.6. The zero-order valence-corrected chi connectivity index (χ0v) is 17.9. The number of anilines is 1. The lowest BCUT2D eigenvalue weighted by atomic mass is 10.1. The van der Waals surface area contributed by atoms with Crippen LogP contribution < -0.4 is 9.64 Å². The topological polar surface area (TPSA) is 68.7 Å². The van der Waals surface area contributed by atoms with Crippen LogP contribution in [0.25, 0.3) is 0 Å². The third-order valence-electron chi connectivity index (χ3n) is 4.36. The standard InChI is InChI=1S/C23H24N2O4S/c1-3-28-22(27)21-17(2)30-23(24-21)25(15-14-18-10-6-4-7-11-18)20(26)16-29-19-12-8-5-9-13-19/h4-13H,3,14-16H2,1-2H3. The first kappa shape index (κ1) is 21.5. The highest BCUT2D eigenvalue weighted by molar-refractivity contribution is 7.16. The van der Waals surface area contributed by atoms with Gasteiger partial charge in [0, 0.05) is 11.4 Å². The van der Waals surface area contributed by atoms with Crippen LogP contribution in [0.2, 0.25) is 0 Å². The van der Waals surface area contributed by atoms with E-state index in [-0.39, 0.29) is 24.8 Å². The normalized spacial score (nSPS) is 10.5. The molecule has 6 nitrogen and oxygen atoms in total. The van der Waals surface area contributed by atoms with Gasteiger partial charge in [-0.3, -0.25) is 9.69 Å². The van der Waals surface area contributed by atoms with Gasteiger partial charge < -0.3 is 9.47 Å². The number of hydrogen-bond donors (Lipinski definition) is 0. The predicted octanol–water partition coefficient (Wildman–Crippen LogP) is 4.28. The number of thiazole rings is 1. The van der Waals surface area contributed by atoms with Crippen molar-refractivity contribution in [1.82, 2.24) is 4.98 Å². The second-order valence-electron chi connectivity index (χ2n) is 6.50. The molecular formula is C23H24N2O4S. The molecule has 0 aliphatic carbocycles. The molecule has 2 aromatic carbocycles. The van der Waals surface area contributed by atoms with Crippen molar-refractivity contribution < 1.29 is 19.1 Å². The van der Waals surface area contributed by atoms with Crippen molar-refractivity contribution in [1.29, 1.82) is 0 Å². The third-order valence-corrected chi connectivity index (χ3v) is 5.35. The molecule has 1 aromatic heterocycles. The van der Waals surface area contributed by atoms with Gasteiger partial charge in [0.1, 0.15) is 5.75 Å². The summed E-state index contributed by atoms with van der Waals surface area (Å²) >= 11 is 1.30. The van der Waals surface area contributed by atoms with Crippen molar-refractivity contribution in [2.75, 3.05) is 24.7 Å². The molecule has 0 spiro atoms. The van der Waals surface area contributed by atoms with Gasteiger partial charge in [0.25, 0.3) is 5.91 Å². The summed E-state index contributed by atoms with van der Waals surface area (Å²) < 4.78 is 10.7. The Balaban J connectivity index is 1.78. The van der Waals surface area contributed by atoms with Gasteiger partial charge in [0.05, 0.1) is 6.61 Å². The Morgan fingerprint density at radius 2 is 1.70 bits per heavy atom. The fraction of sp³-hybridized carbons (Fsp3) is 0.261. The van der Waals surface area contributed by atoms with E-state index in [0.29, 0.717) is 28.7 Å². The number of rotatable bonds is 9. The minimum absolute atomic E-state index is 0.119. The zero-order chi connectivity index (χ0) is 21.3. The van der Waals surface area contributed by atoms with Crippen molar-refractivity contribution in [3.8, 4) is 5.75 Å². The molecule has 3 rings (SSSR count). The number of aryl methyl sites for hydroxylation is 1. The molecule has 0 saturated carbocycles. The van der Waals surface area contributed by atoms with Crippen molar-refractivity contribution in [2.45, 2.75) is 20.3 Å². The number of ether oxygens (including phenoxy) is 2. The largest absolute Gasteiger partial charge is 0.484 e. The summed E-state index contributed by atoms with van der Waals surface area (Å²) in [7, 11) is 0. The minimum atomic E-state index is -0.478. The molecule has 7 heteroatoms. The van der Waals surface area contributed by atoms with Crippen LogP contribution in [0.5, 0.6) is 5.75 Å². The van der Waals surface area contributed by atoms with Crippen LogP contribution in [0.15, 0.2) is 60.7 Å². The van der Waals surface area contributed by atoms with E-state index in [0.717, 1.165) is 5.56 Å². The van der Waals surface area contributed by atoms with Crippen molar-refractivity contribution in [2.24, 2.45) is 0 Å². The highest BCUT2D eigenvalue weighted by atomic mass is 32.1. The van der Waals surface area contributed by atoms with E-state index in [2.05, 4.69) is 4.98 Å². The van der Waals surface area contributed by atoms with E-state index in [1.807, 2.05) is 48.5 Å². The molecule has 0 saturated heterocycles. The maximum absolute atomic E-state index is 13.0. The number of nitrogens with zero attached hydrogens (tertiary/aromatic N) is 2. The molecule has 0 fully saturated rings. The smallest absolute Gasteiger partial charge is 0.358 e. The lowest BCUT2D eigenvalue weighted by Crippen LogP contribution is -2.36. The summed E-state index contributed by atoms with van der Waals surface area (Å²) in [5.74, 6) is -0.0798. The van der Waals surface area contributed by atoms with Crippen LogP contribution in [0.4, 0.5) is 5.13 Å². The molecule has 1 heterocycles. The Labute approximate surface area is 180 Å². The van der Waals surface area contributed by atoms with Crippen LogP contribution >= 0.6 is 11.3 Å². The number of benzene rings is 2. The number of esters is 1. The number of carbonyl (C=O) groups is 2. The lowest BCUT2D eigenvalue weighted by Gasteiger charge is -2.20. The van der Waals surface area contributed by atoms with E-state index in [1.165, 1.54) is 11.3 Å². The highest BCUT2D eigenvalue weighted by Gasteiger charge is 2.24. The predicted molar refractivity (Wildman–Crippen MR) is 117 cm³/mol. The number of hydrogen-bond acceptors (Lipinski definition) is 6. The van der Waals surface area contributed by atoms with Gasteiger partial charge in [-0.1, -0.05) is 48.5 Å². The average Bonchev–Trinajstić information content (AvgIpc) is 3.15. The number of carbonyl (C=O) groups excluding carboxylic acids is 2. The first-order chi connectivity index (χ1) is 14.6. The molecule has 0 atom stereocenters. The summed E-state index contributed by atoms with van der Waals surface area (Å²) in [5.41, 5.74) is 1.36. The SMILES string of the molecule is CCOC(=O)c1nc(N(CCc2ccccc2)C(=O)COc2ccccc2)sc1C. The fourth-order valence-electron chi connectivity index (χ4n) is 2.84. The Bertz CT molecular complexity index is 973. The quantitative estimate of drug-likeness (QED) is 0.480. The molecule has 0 N–H and O–H groups in total. The van der Waals surface area contributed by atoms with Crippen molar-refractivity contribution in [3.63, 3.8) is 0 Å². The fourth-order valence-corrected chi connectivity index (χ4v) is 3.78. The van der Waals surface area contributed by atoms with Gasteiger partial charge >= 0.3 is 5.97 Å². The van der Waals surface area contributed by atoms with Gasteiger partial charge in [-0.2, -0.15) is 0 Å². The molecule has 3 aromatic rings. The van der Waals surface area contributed by atoms with Gasteiger partial charge in [0.2, 0.25) is 0 Å². The van der Waals surface area contributed by atoms with E-state index in [4.69, 9.17) is 9.47 Å². The number of aromatic nitrogens is 1. The molecule has 0 aliphatic heterocycles. The molecule has 30 heavy (non-hydrogen) atoms. The number of amides is 1. The van der Waals surface area contributed by atoms with E-state index in [9.17, 15) is 9.59 Å². The monoisotopic (exact) mass is 424 g/mol. The zero-order valence-electron chi connectivity index (χ0n) is 17.0. The van der Waals surface area contributed by atoms with Crippen LogP contribution in [-0.4, -0.2) is 36.6 Å². The summed E-state index contributed by atoms with van der Waals surface area (Å²) in [5, 5.41) is 0.466. The van der Waals surface area contributed by atoms with E-state index < -0.39 is 5.97 Å². The molecule has 0 bridgehead atoms. The summed E-state index contributed by atoms with van der Waals surface area (Å²) in [6, 6.07) is 19.1. The maximum atomic E-state index is 13.0. The van der Waals surface area contributed by atoms with Crippen LogP contribution in [0.3, 0.4) is 0 Å². The van der Waals surface area contributed by atoms with Gasteiger partial charge in [-0.25, -0.2) is 9.78 Å². The van der Waals surface area contributed by atoms with Crippen LogP contribution in [0.1, 0.15) is 27.9 Å². The van der Waals surface area contributed by atoms with Gasteiger partial charge in [0.15, 0.2) is 17.4 Å². The maximum Gasteiger partial charge on any atom is 0.358 e. The average molecular weight is 425 g/mol. The van der Waals surface area contributed by atoms with Gasteiger partial charge in [-0.05, 0) is 38.0 Å².